The molecule has 8 nitrogen and oxygen atoms in total. The van der Waals surface area contributed by atoms with Crippen LogP contribution in [0.2, 0.25) is 0 Å². The van der Waals surface area contributed by atoms with Gasteiger partial charge < -0.3 is 24.8 Å². The van der Waals surface area contributed by atoms with Gasteiger partial charge in [-0.05, 0) is 63.8 Å². The van der Waals surface area contributed by atoms with Crippen LogP contribution in [-0.2, 0) is 14.3 Å². The van der Waals surface area contributed by atoms with E-state index in [2.05, 4.69) is 10.2 Å². The van der Waals surface area contributed by atoms with Crippen LogP contribution in [0, 0.1) is 18.2 Å². The lowest BCUT2D eigenvalue weighted by Crippen LogP contribution is -2.51. The predicted octanol–water partition coefficient (Wildman–Crippen LogP) is 2.47. The number of amides is 2. The topological polar surface area (TPSA) is 89.0 Å². The molecule has 4 rings (SSSR count). The minimum atomic E-state index is -0.262. The highest BCUT2D eigenvalue weighted by Gasteiger charge is 2.31. The maximum absolute atomic E-state index is 13.6. The molecule has 0 aromatic heterocycles. The van der Waals surface area contributed by atoms with Crippen LogP contribution in [0.1, 0.15) is 38.7 Å². The van der Waals surface area contributed by atoms with Crippen molar-refractivity contribution in [2.24, 2.45) is 0 Å². The number of aryl methyl sites for hydroxylation is 1. The molecule has 0 radical (unpaired) electrons. The maximum atomic E-state index is 13.6. The Morgan fingerprint density at radius 3 is 2.43 bits per heavy atom. The zero-order valence-electron chi connectivity index (χ0n) is 20.9. The molecule has 9 heteroatoms. The van der Waals surface area contributed by atoms with Gasteiger partial charge in [-0.2, -0.15) is 0 Å². The monoisotopic (exact) mass is 485 g/mol. The van der Waals surface area contributed by atoms with E-state index in [-0.39, 0.29) is 42.1 Å². The summed E-state index contributed by atoms with van der Waals surface area (Å²) in [7, 11) is 0. The second kappa shape index (κ2) is 10.8. The second-order valence-electron chi connectivity index (χ2n) is 9.81. The van der Waals surface area contributed by atoms with Gasteiger partial charge in [0.15, 0.2) is 0 Å². The Balaban J connectivity index is 1.30. The van der Waals surface area contributed by atoms with E-state index < -0.39 is 0 Å². The van der Waals surface area contributed by atoms with Crippen LogP contribution in [0.25, 0.3) is 0 Å². The number of hydrogen-bond acceptors (Lipinski definition) is 6. The third-order valence-corrected chi connectivity index (χ3v) is 7.03. The SMILES string of the molecule is Cc1cc(N2CCN(C(=O)CNC3=C(C(=N)C(=O)N4C[C@@H](C)O[C@@H](C)C4)CCC3)CC2)ccc1F. The Bertz CT molecular complexity index is 1010. The molecule has 3 aliphatic rings. The number of anilines is 1. The lowest BCUT2D eigenvalue weighted by Gasteiger charge is -2.36. The first-order valence-electron chi connectivity index (χ1n) is 12.5. The molecule has 0 bridgehead atoms. The third kappa shape index (κ3) is 5.83. The number of nitrogens with zero attached hydrogens (tertiary/aromatic N) is 3. The molecule has 2 saturated heterocycles. The molecule has 190 valence electrons. The zero-order valence-corrected chi connectivity index (χ0v) is 20.9. The van der Waals surface area contributed by atoms with Crippen LogP contribution < -0.4 is 10.2 Å². The molecule has 2 amide bonds. The summed E-state index contributed by atoms with van der Waals surface area (Å²) in [6.07, 6.45) is 2.19. The molecule has 0 saturated carbocycles. The van der Waals surface area contributed by atoms with Crippen molar-refractivity contribution in [2.45, 2.75) is 52.2 Å². The Kier molecular flexibility index (Phi) is 7.74. The van der Waals surface area contributed by atoms with Gasteiger partial charge in [0.25, 0.3) is 5.91 Å². The number of hydrogen-bond donors (Lipinski definition) is 2. The molecule has 1 aromatic carbocycles. The normalized spacial score (nSPS) is 23.0. The molecule has 0 unspecified atom stereocenters. The number of halogens is 1. The van der Waals surface area contributed by atoms with Crippen molar-refractivity contribution in [3.63, 3.8) is 0 Å². The first-order valence-corrected chi connectivity index (χ1v) is 12.5. The summed E-state index contributed by atoms with van der Waals surface area (Å²) < 4.78 is 19.3. The maximum Gasteiger partial charge on any atom is 0.272 e. The van der Waals surface area contributed by atoms with Crippen molar-refractivity contribution >= 4 is 23.2 Å². The Morgan fingerprint density at radius 2 is 1.77 bits per heavy atom. The average molecular weight is 486 g/mol. The average Bonchev–Trinajstić information content (AvgIpc) is 3.31. The zero-order chi connectivity index (χ0) is 25.1. The summed E-state index contributed by atoms with van der Waals surface area (Å²) in [6, 6.07) is 5.11. The fourth-order valence-electron chi connectivity index (χ4n) is 5.18. The van der Waals surface area contributed by atoms with E-state index in [1.165, 1.54) is 6.07 Å². The minimum absolute atomic E-state index is 0.00683. The van der Waals surface area contributed by atoms with Gasteiger partial charge in [-0.3, -0.25) is 15.0 Å². The predicted molar refractivity (Wildman–Crippen MR) is 133 cm³/mol. The third-order valence-electron chi connectivity index (χ3n) is 7.03. The van der Waals surface area contributed by atoms with Crippen LogP contribution in [-0.4, -0.2) is 85.3 Å². The molecule has 0 spiro atoms. The van der Waals surface area contributed by atoms with Crippen molar-refractivity contribution in [3.8, 4) is 0 Å². The number of carbonyl (C=O) groups excluding carboxylic acids is 2. The summed E-state index contributed by atoms with van der Waals surface area (Å²) in [5, 5.41) is 11.8. The van der Waals surface area contributed by atoms with Crippen LogP contribution in [0.5, 0.6) is 0 Å². The van der Waals surface area contributed by atoms with Crippen molar-refractivity contribution in [1.82, 2.24) is 15.1 Å². The summed E-state index contributed by atoms with van der Waals surface area (Å²) in [6.45, 7) is 9.36. The highest BCUT2D eigenvalue weighted by atomic mass is 19.1. The van der Waals surface area contributed by atoms with Crippen molar-refractivity contribution < 1.29 is 18.7 Å². The molecule has 2 fully saturated rings. The molecule has 1 aromatic rings. The Hall–Kier alpha value is -2.94. The largest absolute Gasteiger partial charge is 0.379 e. The minimum Gasteiger partial charge on any atom is -0.379 e. The summed E-state index contributed by atoms with van der Waals surface area (Å²) in [5.74, 6) is -0.466. The number of benzene rings is 1. The Labute approximate surface area is 206 Å². The number of nitrogens with one attached hydrogen (secondary N) is 2. The molecule has 35 heavy (non-hydrogen) atoms. The fourth-order valence-corrected chi connectivity index (χ4v) is 5.18. The number of rotatable bonds is 6. The van der Waals surface area contributed by atoms with Crippen LogP contribution >= 0.6 is 0 Å². The van der Waals surface area contributed by atoms with E-state index in [0.717, 1.165) is 29.8 Å². The van der Waals surface area contributed by atoms with E-state index in [9.17, 15) is 14.0 Å². The molecule has 2 heterocycles. The second-order valence-corrected chi connectivity index (χ2v) is 9.81. The number of allylic oxidation sites excluding steroid dienone is 1. The summed E-state index contributed by atoms with van der Waals surface area (Å²) >= 11 is 0. The van der Waals surface area contributed by atoms with Crippen molar-refractivity contribution in [1.29, 1.82) is 5.41 Å². The molecule has 2 aliphatic heterocycles. The molecule has 2 N–H and O–H groups in total. The van der Waals surface area contributed by atoms with E-state index in [1.807, 2.05) is 24.8 Å². The number of carbonyl (C=O) groups is 2. The fraction of sp³-hybridized carbons (Fsp3) is 0.577. The van der Waals surface area contributed by atoms with Crippen LogP contribution in [0.3, 0.4) is 0 Å². The standard InChI is InChI=1S/C26H36FN5O3/c1-17-13-20(7-8-22(17)27)30-9-11-31(12-10-30)24(33)14-29-23-6-4-5-21(23)25(28)26(34)32-15-18(2)35-19(3)16-32/h7-8,13,18-19,28-29H,4-6,9-12,14-16H2,1-3H3/t18-,19+. The smallest absolute Gasteiger partial charge is 0.272 e. The highest BCUT2D eigenvalue weighted by Crippen LogP contribution is 2.26. The van der Waals surface area contributed by atoms with Gasteiger partial charge in [0.05, 0.1) is 18.8 Å². The summed E-state index contributed by atoms with van der Waals surface area (Å²) in [4.78, 5) is 31.5. The lowest BCUT2D eigenvalue weighted by atomic mass is 10.1. The van der Waals surface area contributed by atoms with E-state index >= 15 is 0 Å². The van der Waals surface area contributed by atoms with Crippen LogP contribution in [0.4, 0.5) is 10.1 Å². The van der Waals surface area contributed by atoms with Gasteiger partial charge in [-0.25, -0.2) is 4.39 Å². The quantitative estimate of drug-likeness (QED) is 0.605. The van der Waals surface area contributed by atoms with Gasteiger partial charge in [0, 0.05) is 56.2 Å². The summed E-state index contributed by atoms with van der Waals surface area (Å²) in [5.41, 5.74) is 3.19. The number of morpholine rings is 1. The van der Waals surface area contributed by atoms with E-state index in [1.54, 1.807) is 17.9 Å². The lowest BCUT2D eigenvalue weighted by molar-refractivity contribution is -0.136. The molecular weight excluding hydrogens is 449 g/mol. The first-order chi connectivity index (χ1) is 16.7. The van der Waals surface area contributed by atoms with Crippen molar-refractivity contribution in [2.75, 3.05) is 50.7 Å². The van der Waals surface area contributed by atoms with Crippen molar-refractivity contribution in [3.05, 3.63) is 40.8 Å². The van der Waals surface area contributed by atoms with E-state index in [4.69, 9.17) is 10.1 Å². The van der Waals surface area contributed by atoms with Gasteiger partial charge in [-0.15, -0.1) is 0 Å². The highest BCUT2D eigenvalue weighted by molar-refractivity contribution is 6.44. The molecular formula is C26H36FN5O3. The van der Waals surface area contributed by atoms with Gasteiger partial charge in [-0.1, -0.05) is 0 Å². The molecule has 2 atom stereocenters. The van der Waals surface area contributed by atoms with Gasteiger partial charge in [0.2, 0.25) is 5.91 Å². The van der Waals surface area contributed by atoms with E-state index in [0.29, 0.717) is 51.3 Å². The van der Waals surface area contributed by atoms with Crippen LogP contribution in [0.15, 0.2) is 29.5 Å². The molecule has 1 aliphatic carbocycles. The van der Waals surface area contributed by atoms with Gasteiger partial charge in [0.1, 0.15) is 11.5 Å². The van der Waals surface area contributed by atoms with Gasteiger partial charge >= 0.3 is 0 Å². The first kappa shape index (κ1) is 25.2. The number of piperazine rings is 1. The number of ether oxygens (including phenoxy) is 1. The Morgan fingerprint density at radius 1 is 1.09 bits per heavy atom.